The number of carbonyl (C=O) groups excluding carboxylic acids is 3. The number of aryl methyl sites for hydroxylation is 1. The van der Waals surface area contributed by atoms with Crippen LogP contribution in [0.5, 0.6) is 5.75 Å². The molecule has 3 aromatic rings. The quantitative estimate of drug-likeness (QED) is 0.396. The molecule has 1 aliphatic rings. The average molecular weight is 510 g/mol. The minimum Gasteiger partial charge on any atom is -0.494 e. The number of benzene rings is 3. The van der Waals surface area contributed by atoms with E-state index in [9.17, 15) is 14.4 Å². The first-order chi connectivity index (χ1) is 16.8. The molecule has 0 atom stereocenters. The number of imide groups is 1. The van der Waals surface area contributed by atoms with Gasteiger partial charge in [0.1, 0.15) is 16.5 Å². The third-order valence-electron chi connectivity index (χ3n) is 5.29. The highest BCUT2D eigenvalue weighted by Gasteiger charge is 2.39. The Bertz CT molecular complexity index is 1340. The Morgan fingerprint density at radius 3 is 2.26 bits per heavy atom. The molecular formula is C26H21Cl2N3O4. The van der Waals surface area contributed by atoms with E-state index in [0.29, 0.717) is 40.0 Å². The maximum absolute atomic E-state index is 13.0. The van der Waals surface area contributed by atoms with Crippen LogP contribution in [0.25, 0.3) is 0 Å². The molecule has 2 N–H and O–H groups in total. The second-order valence-corrected chi connectivity index (χ2v) is 8.49. The zero-order chi connectivity index (χ0) is 25.1. The fourth-order valence-electron chi connectivity index (χ4n) is 3.52. The van der Waals surface area contributed by atoms with Crippen LogP contribution < -0.4 is 20.3 Å². The highest BCUT2D eigenvalue weighted by atomic mass is 35.5. The molecule has 1 heterocycles. The standard InChI is InChI=1S/C26H21Cl2N3O4/c1-3-35-20-11-9-19(10-12-20)31-25(33)22(28)23(26(31)34)29-18-7-4-16(5-8-18)24(32)30-21-13-6-17(27)14-15(21)2/h4-14,29H,3H2,1-2H3,(H,30,32). The molecule has 0 aromatic heterocycles. The number of nitrogens with zero attached hydrogens (tertiary/aromatic N) is 1. The fourth-order valence-corrected chi connectivity index (χ4v) is 3.95. The predicted octanol–water partition coefficient (Wildman–Crippen LogP) is 5.74. The summed E-state index contributed by atoms with van der Waals surface area (Å²) < 4.78 is 5.40. The summed E-state index contributed by atoms with van der Waals surface area (Å²) in [5.74, 6) is -0.877. The van der Waals surface area contributed by atoms with E-state index in [-0.39, 0.29) is 16.6 Å². The number of ether oxygens (including phenoxy) is 1. The molecule has 1 aliphatic heterocycles. The van der Waals surface area contributed by atoms with Crippen LogP contribution in [0.3, 0.4) is 0 Å². The summed E-state index contributed by atoms with van der Waals surface area (Å²) in [5.41, 5.74) is 2.74. The third-order valence-corrected chi connectivity index (χ3v) is 5.87. The highest BCUT2D eigenvalue weighted by molar-refractivity contribution is 6.53. The van der Waals surface area contributed by atoms with E-state index in [1.54, 1.807) is 66.7 Å². The summed E-state index contributed by atoms with van der Waals surface area (Å²) in [7, 11) is 0. The molecule has 178 valence electrons. The van der Waals surface area contributed by atoms with Crippen molar-refractivity contribution >= 4 is 58.0 Å². The van der Waals surface area contributed by atoms with Gasteiger partial charge in [-0.25, -0.2) is 4.90 Å². The summed E-state index contributed by atoms with van der Waals surface area (Å²) in [5, 5.41) is 6.11. The molecule has 0 saturated carbocycles. The van der Waals surface area contributed by atoms with Gasteiger partial charge in [0.2, 0.25) is 0 Å². The van der Waals surface area contributed by atoms with Gasteiger partial charge in [0, 0.05) is 22.0 Å². The topological polar surface area (TPSA) is 87.7 Å². The Kier molecular flexibility index (Phi) is 7.10. The van der Waals surface area contributed by atoms with Crippen LogP contribution in [-0.2, 0) is 9.59 Å². The number of hydrogen-bond donors (Lipinski definition) is 2. The lowest BCUT2D eigenvalue weighted by atomic mass is 10.1. The van der Waals surface area contributed by atoms with E-state index in [2.05, 4.69) is 10.6 Å². The highest BCUT2D eigenvalue weighted by Crippen LogP contribution is 2.31. The number of nitrogens with one attached hydrogen (secondary N) is 2. The van der Waals surface area contributed by atoms with E-state index in [1.165, 1.54) is 0 Å². The maximum Gasteiger partial charge on any atom is 0.283 e. The van der Waals surface area contributed by atoms with Crippen LogP contribution in [0, 0.1) is 6.92 Å². The van der Waals surface area contributed by atoms with E-state index >= 15 is 0 Å². The second-order valence-electron chi connectivity index (χ2n) is 7.68. The van der Waals surface area contributed by atoms with Gasteiger partial charge in [-0.3, -0.25) is 14.4 Å². The van der Waals surface area contributed by atoms with Crippen molar-refractivity contribution in [3.63, 3.8) is 0 Å². The summed E-state index contributed by atoms with van der Waals surface area (Å²) >= 11 is 12.2. The van der Waals surface area contributed by atoms with Crippen LogP contribution in [0.4, 0.5) is 17.1 Å². The van der Waals surface area contributed by atoms with Gasteiger partial charge in [-0.1, -0.05) is 23.2 Å². The Labute approximate surface area is 212 Å². The van der Waals surface area contributed by atoms with Gasteiger partial charge in [-0.2, -0.15) is 0 Å². The van der Waals surface area contributed by atoms with Crippen molar-refractivity contribution in [1.82, 2.24) is 0 Å². The van der Waals surface area contributed by atoms with Crippen molar-refractivity contribution in [3.8, 4) is 5.75 Å². The SMILES string of the molecule is CCOc1ccc(N2C(=O)C(Cl)=C(Nc3ccc(C(=O)Nc4ccc(Cl)cc4C)cc3)C2=O)cc1. The number of halogens is 2. The molecule has 0 radical (unpaired) electrons. The van der Waals surface area contributed by atoms with E-state index in [0.717, 1.165) is 10.5 Å². The van der Waals surface area contributed by atoms with Gasteiger partial charge in [-0.05, 0) is 86.1 Å². The normalized spacial score (nSPS) is 13.3. The first kappa shape index (κ1) is 24.3. The molecular weight excluding hydrogens is 489 g/mol. The van der Waals surface area contributed by atoms with Gasteiger partial charge in [0.05, 0.1) is 12.3 Å². The van der Waals surface area contributed by atoms with E-state index < -0.39 is 11.8 Å². The van der Waals surface area contributed by atoms with Crippen molar-refractivity contribution in [2.24, 2.45) is 0 Å². The molecule has 0 saturated heterocycles. The molecule has 4 rings (SSSR count). The fraction of sp³-hybridized carbons (Fsp3) is 0.115. The zero-order valence-corrected chi connectivity index (χ0v) is 20.4. The average Bonchev–Trinajstić information content (AvgIpc) is 3.05. The van der Waals surface area contributed by atoms with Gasteiger partial charge in [0.15, 0.2) is 0 Å². The van der Waals surface area contributed by atoms with E-state index in [4.69, 9.17) is 27.9 Å². The summed E-state index contributed by atoms with van der Waals surface area (Å²) in [6, 6.07) is 18.2. The maximum atomic E-state index is 13.0. The molecule has 9 heteroatoms. The van der Waals surface area contributed by atoms with Crippen LogP contribution in [-0.4, -0.2) is 24.3 Å². The summed E-state index contributed by atoms with van der Waals surface area (Å²) in [6.45, 7) is 4.22. The summed E-state index contributed by atoms with van der Waals surface area (Å²) in [6.07, 6.45) is 0. The molecule has 3 amide bonds. The minimum atomic E-state index is -0.627. The molecule has 35 heavy (non-hydrogen) atoms. The van der Waals surface area contributed by atoms with Crippen molar-refractivity contribution in [2.45, 2.75) is 13.8 Å². The van der Waals surface area contributed by atoms with Crippen molar-refractivity contribution in [3.05, 3.63) is 93.6 Å². The van der Waals surface area contributed by atoms with Crippen LogP contribution >= 0.6 is 23.2 Å². The number of anilines is 3. The zero-order valence-electron chi connectivity index (χ0n) is 18.9. The second kappa shape index (κ2) is 10.2. The molecule has 0 bridgehead atoms. The molecule has 0 spiro atoms. The predicted molar refractivity (Wildman–Crippen MR) is 137 cm³/mol. The number of carbonyl (C=O) groups is 3. The number of amides is 3. The van der Waals surface area contributed by atoms with Crippen LogP contribution in [0.15, 0.2) is 77.5 Å². The Morgan fingerprint density at radius 2 is 1.63 bits per heavy atom. The van der Waals surface area contributed by atoms with Crippen molar-refractivity contribution in [1.29, 1.82) is 0 Å². The minimum absolute atomic E-state index is 0.0421. The van der Waals surface area contributed by atoms with Gasteiger partial charge in [-0.15, -0.1) is 0 Å². The largest absolute Gasteiger partial charge is 0.494 e. The molecule has 0 unspecified atom stereocenters. The molecule has 0 fully saturated rings. The van der Waals surface area contributed by atoms with Gasteiger partial charge in [0.25, 0.3) is 17.7 Å². The van der Waals surface area contributed by atoms with Crippen LogP contribution in [0.2, 0.25) is 5.02 Å². The molecule has 0 aliphatic carbocycles. The Balaban J connectivity index is 1.46. The molecule has 7 nitrogen and oxygen atoms in total. The Morgan fingerprint density at radius 1 is 0.943 bits per heavy atom. The lowest BCUT2D eigenvalue weighted by molar-refractivity contribution is -0.120. The smallest absolute Gasteiger partial charge is 0.283 e. The number of hydrogen-bond acceptors (Lipinski definition) is 5. The Hall–Kier alpha value is -3.81. The lowest BCUT2D eigenvalue weighted by Crippen LogP contribution is -2.32. The van der Waals surface area contributed by atoms with Crippen molar-refractivity contribution in [2.75, 3.05) is 22.1 Å². The summed E-state index contributed by atoms with van der Waals surface area (Å²) in [4.78, 5) is 39.3. The first-order valence-electron chi connectivity index (χ1n) is 10.7. The van der Waals surface area contributed by atoms with E-state index in [1.807, 2.05) is 13.8 Å². The monoisotopic (exact) mass is 509 g/mol. The van der Waals surface area contributed by atoms with Gasteiger partial charge < -0.3 is 15.4 Å². The first-order valence-corrected chi connectivity index (χ1v) is 11.5. The van der Waals surface area contributed by atoms with Gasteiger partial charge >= 0.3 is 0 Å². The third kappa shape index (κ3) is 5.16. The molecule has 3 aromatic carbocycles. The van der Waals surface area contributed by atoms with Crippen LogP contribution in [0.1, 0.15) is 22.8 Å². The van der Waals surface area contributed by atoms with Crippen molar-refractivity contribution < 1.29 is 19.1 Å². The number of rotatable bonds is 7. The lowest BCUT2D eigenvalue weighted by Gasteiger charge is -2.15.